The Morgan fingerprint density at radius 3 is 1.32 bits per heavy atom. The van der Waals surface area contributed by atoms with Gasteiger partial charge in [0.1, 0.15) is 0 Å². The Balaban J connectivity index is 3.53. The molecule has 0 saturated heterocycles. The first kappa shape index (κ1) is 25.5. The second-order valence-electron chi connectivity index (χ2n) is 5.94. The van der Waals surface area contributed by atoms with Gasteiger partial charge in [-0.25, -0.2) is 0 Å². The topological polar surface area (TPSA) is 55.4 Å². The quantitative estimate of drug-likeness (QED) is 0.399. The first-order chi connectivity index (χ1) is 13.5. The highest BCUT2D eigenvalue weighted by molar-refractivity contribution is 6.77. The maximum Gasteiger partial charge on any atom is 0.537 e. The van der Waals surface area contributed by atoms with E-state index in [1.165, 1.54) is 0 Å². The van der Waals surface area contributed by atoms with E-state index in [1.54, 1.807) is 0 Å². The summed E-state index contributed by atoms with van der Waals surface area (Å²) in [6, 6.07) is 6.21. The first-order valence-electron chi connectivity index (χ1n) is 10.5. The van der Waals surface area contributed by atoms with Crippen LogP contribution >= 0.6 is 0 Å². The molecule has 0 N–H and O–H groups in total. The lowest BCUT2D eigenvalue weighted by Gasteiger charge is -2.32. The second kappa shape index (κ2) is 12.9. The monoisotopic (exact) mass is 430 g/mol. The SMILES string of the molecule is CCO[Si](OCC)(OCC)c1ccc([Si](OCC)(OCC)OCC)c(CC)c1. The van der Waals surface area contributed by atoms with Gasteiger partial charge >= 0.3 is 17.6 Å². The van der Waals surface area contributed by atoms with Gasteiger partial charge in [0.05, 0.1) is 0 Å². The number of hydrogen-bond acceptors (Lipinski definition) is 6. The van der Waals surface area contributed by atoms with Crippen molar-refractivity contribution in [2.75, 3.05) is 39.6 Å². The Kier molecular flexibility index (Phi) is 11.7. The van der Waals surface area contributed by atoms with Gasteiger partial charge in [-0.1, -0.05) is 25.1 Å². The van der Waals surface area contributed by atoms with Crippen LogP contribution in [0.3, 0.4) is 0 Å². The van der Waals surface area contributed by atoms with Crippen molar-refractivity contribution in [2.45, 2.75) is 54.9 Å². The zero-order valence-electron chi connectivity index (χ0n) is 18.6. The highest BCUT2D eigenvalue weighted by Gasteiger charge is 2.47. The Hall–Kier alpha value is -0.586. The summed E-state index contributed by atoms with van der Waals surface area (Å²) in [6.07, 6.45) is 0.819. The van der Waals surface area contributed by atoms with Crippen LogP contribution in [0.15, 0.2) is 18.2 Å². The summed E-state index contributed by atoms with van der Waals surface area (Å²) >= 11 is 0. The van der Waals surface area contributed by atoms with Gasteiger partial charge in [-0.3, -0.25) is 0 Å². The van der Waals surface area contributed by atoms with Crippen LogP contribution in [0.5, 0.6) is 0 Å². The molecule has 0 aliphatic rings. The predicted octanol–water partition coefficient (Wildman–Crippen LogP) is 2.76. The van der Waals surface area contributed by atoms with Crippen LogP contribution in [0.1, 0.15) is 54.0 Å². The Labute approximate surface area is 173 Å². The minimum atomic E-state index is -2.98. The summed E-state index contributed by atoms with van der Waals surface area (Å²) in [5, 5.41) is 1.97. The number of hydrogen-bond donors (Lipinski definition) is 0. The molecule has 1 rings (SSSR count). The Morgan fingerprint density at radius 1 is 0.571 bits per heavy atom. The summed E-state index contributed by atoms with van der Waals surface area (Å²) in [5.74, 6) is 0. The van der Waals surface area contributed by atoms with Crippen LogP contribution in [0.25, 0.3) is 0 Å². The number of rotatable bonds is 15. The van der Waals surface area contributed by atoms with Crippen molar-refractivity contribution in [1.29, 1.82) is 0 Å². The van der Waals surface area contributed by atoms with Crippen LogP contribution in [0, 0.1) is 0 Å². The van der Waals surface area contributed by atoms with E-state index < -0.39 is 17.6 Å². The van der Waals surface area contributed by atoms with E-state index in [0.29, 0.717) is 39.6 Å². The van der Waals surface area contributed by atoms with Gasteiger partial charge in [0.2, 0.25) is 0 Å². The minimum Gasteiger partial charge on any atom is -0.370 e. The Bertz CT molecular complexity index is 536. The van der Waals surface area contributed by atoms with Crippen molar-refractivity contribution < 1.29 is 26.6 Å². The molecule has 0 atom stereocenters. The van der Waals surface area contributed by atoms with Crippen LogP contribution < -0.4 is 10.4 Å². The normalized spacial score (nSPS) is 12.5. The standard InChI is InChI=1S/C20H38O6Si2/c1-8-18-17-19(27(21-9-2,22-10-3)23-11-4)15-16-20(18)28(24-12-5,25-13-6)26-14-7/h15-17H,8-14H2,1-7H3. The molecule has 0 aliphatic carbocycles. The van der Waals surface area contributed by atoms with Crippen molar-refractivity contribution in [1.82, 2.24) is 0 Å². The minimum absolute atomic E-state index is 0.533. The third-order valence-corrected chi connectivity index (χ3v) is 10.4. The molecule has 162 valence electrons. The summed E-state index contributed by atoms with van der Waals surface area (Å²) in [4.78, 5) is 0. The van der Waals surface area contributed by atoms with E-state index in [-0.39, 0.29) is 0 Å². The van der Waals surface area contributed by atoms with Gasteiger partial charge in [-0.2, -0.15) is 0 Å². The van der Waals surface area contributed by atoms with E-state index in [9.17, 15) is 0 Å². The lowest BCUT2D eigenvalue weighted by atomic mass is 10.2. The lowest BCUT2D eigenvalue weighted by molar-refractivity contribution is 0.0843. The van der Waals surface area contributed by atoms with Crippen molar-refractivity contribution in [3.05, 3.63) is 23.8 Å². The molecular weight excluding hydrogens is 392 g/mol. The molecule has 0 saturated carbocycles. The molecule has 0 radical (unpaired) electrons. The molecule has 0 fully saturated rings. The fraction of sp³-hybridized carbons (Fsp3) is 0.700. The van der Waals surface area contributed by atoms with E-state index in [2.05, 4.69) is 19.1 Å². The average Bonchev–Trinajstić information content (AvgIpc) is 2.68. The molecule has 1 aromatic rings. The summed E-state index contributed by atoms with van der Waals surface area (Å²) in [6.45, 7) is 17.1. The molecule has 0 bridgehead atoms. The summed E-state index contributed by atoms with van der Waals surface area (Å²) in [5.41, 5.74) is 1.12. The maximum absolute atomic E-state index is 6.12. The second-order valence-corrected chi connectivity index (χ2v) is 11.0. The van der Waals surface area contributed by atoms with E-state index in [0.717, 1.165) is 22.4 Å². The highest BCUT2D eigenvalue weighted by Crippen LogP contribution is 2.17. The average molecular weight is 431 g/mol. The van der Waals surface area contributed by atoms with E-state index >= 15 is 0 Å². The van der Waals surface area contributed by atoms with Crippen molar-refractivity contribution in [2.24, 2.45) is 0 Å². The molecule has 0 heterocycles. The molecule has 0 unspecified atom stereocenters. The van der Waals surface area contributed by atoms with Gasteiger partial charge in [0, 0.05) is 50.0 Å². The maximum atomic E-state index is 6.12. The van der Waals surface area contributed by atoms with Crippen LogP contribution in [-0.4, -0.2) is 57.3 Å². The number of aryl methyl sites for hydroxylation is 1. The summed E-state index contributed by atoms with van der Waals surface area (Å²) in [7, 11) is -5.95. The molecule has 0 spiro atoms. The van der Waals surface area contributed by atoms with E-state index in [1.807, 2.05) is 47.6 Å². The van der Waals surface area contributed by atoms with E-state index in [4.69, 9.17) is 26.6 Å². The molecule has 0 aromatic heterocycles. The van der Waals surface area contributed by atoms with Gasteiger partial charge in [-0.15, -0.1) is 0 Å². The van der Waals surface area contributed by atoms with Crippen molar-refractivity contribution >= 4 is 28.0 Å². The van der Waals surface area contributed by atoms with Gasteiger partial charge in [0.15, 0.2) is 0 Å². The van der Waals surface area contributed by atoms with Crippen LogP contribution in [0.2, 0.25) is 0 Å². The molecule has 28 heavy (non-hydrogen) atoms. The molecule has 1 aromatic carbocycles. The van der Waals surface area contributed by atoms with Crippen molar-refractivity contribution in [3.8, 4) is 0 Å². The zero-order valence-corrected chi connectivity index (χ0v) is 20.6. The highest BCUT2D eigenvalue weighted by atomic mass is 28.4. The molecule has 0 aliphatic heterocycles. The fourth-order valence-electron chi connectivity index (χ4n) is 3.25. The Morgan fingerprint density at radius 2 is 0.964 bits per heavy atom. The van der Waals surface area contributed by atoms with Gasteiger partial charge in [0.25, 0.3) is 0 Å². The molecular formula is C20H38O6Si2. The van der Waals surface area contributed by atoms with Crippen LogP contribution in [0.4, 0.5) is 0 Å². The molecule has 0 amide bonds. The first-order valence-corrected chi connectivity index (χ1v) is 13.9. The predicted molar refractivity (Wildman–Crippen MR) is 116 cm³/mol. The third-order valence-electron chi connectivity index (χ3n) is 4.18. The van der Waals surface area contributed by atoms with Gasteiger partial charge < -0.3 is 26.6 Å². The smallest absolute Gasteiger partial charge is 0.370 e. The molecule has 6 nitrogen and oxygen atoms in total. The van der Waals surface area contributed by atoms with Gasteiger partial charge in [-0.05, 0) is 53.5 Å². The third kappa shape index (κ3) is 5.96. The largest absolute Gasteiger partial charge is 0.537 e. The zero-order chi connectivity index (χ0) is 21.0. The van der Waals surface area contributed by atoms with Crippen molar-refractivity contribution in [3.63, 3.8) is 0 Å². The van der Waals surface area contributed by atoms with Crippen LogP contribution in [-0.2, 0) is 33.0 Å². The number of benzene rings is 1. The lowest BCUT2D eigenvalue weighted by Crippen LogP contribution is -2.60. The molecule has 8 heteroatoms. The summed E-state index contributed by atoms with van der Waals surface area (Å²) < 4.78 is 36.6. The fourth-order valence-corrected chi connectivity index (χ4v) is 8.56.